The van der Waals surface area contributed by atoms with Crippen molar-refractivity contribution < 1.29 is 13.2 Å². The van der Waals surface area contributed by atoms with Crippen molar-refractivity contribution in [3.05, 3.63) is 24.5 Å². The monoisotopic (exact) mass is 313 g/mol. The maximum atomic E-state index is 12.0. The second-order valence-electron chi connectivity index (χ2n) is 5.50. The molecule has 0 aliphatic carbocycles. The summed E-state index contributed by atoms with van der Waals surface area (Å²) in [6.45, 7) is 2.43. The number of nitrogens with zero attached hydrogens (tertiary/aromatic N) is 2. The number of amides is 1. The molecular formula is C14H23N3O3S. The summed E-state index contributed by atoms with van der Waals surface area (Å²) in [6, 6.07) is 3.96. The highest BCUT2D eigenvalue weighted by Gasteiger charge is 2.28. The van der Waals surface area contributed by atoms with Crippen molar-refractivity contribution in [3.8, 4) is 0 Å². The van der Waals surface area contributed by atoms with Gasteiger partial charge in [-0.25, -0.2) is 12.7 Å². The van der Waals surface area contributed by atoms with Crippen LogP contribution in [0.2, 0.25) is 0 Å². The van der Waals surface area contributed by atoms with Gasteiger partial charge in [0.15, 0.2) is 0 Å². The lowest BCUT2D eigenvalue weighted by Crippen LogP contribution is -2.42. The van der Waals surface area contributed by atoms with Crippen molar-refractivity contribution in [1.82, 2.24) is 14.2 Å². The Bertz CT molecular complexity index is 546. The third-order valence-electron chi connectivity index (χ3n) is 3.85. The fourth-order valence-corrected chi connectivity index (χ4v) is 3.46. The van der Waals surface area contributed by atoms with Gasteiger partial charge in [-0.3, -0.25) is 4.79 Å². The lowest BCUT2D eigenvalue weighted by molar-refractivity contribution is -0.126. The van der Waals surface area contributed by atoms with E-state index in [4.69, 9.17) is 0 Å². The van der Waals surface area contributed by atoms with Gasteiger partial charge in [0.1, 0.15) is 0 Å². The average molecular weight is 313 g/mol. The molecule has 1 N–H and O–H groups in total. The summed E-state index contributed by atoms with van der Waals surface area (Å²) in [4.78, 5) is 12.0. The molecule has 2 rings (SSSR count). The Hall–Kier alpha value is -1.34. The summed E-state index contributed by atoms with van der Waals surface area (Å²) in [6.07, 6.45) is 7.33. The second-order valence-corrected chi connectivity index (χ2v) is 7.48. The topological polar surface area (TPSA) is 71.4 Å². The van der Waals surface area contributed by atoms with Gasteiger partial charge in [0.25, 0.3) is 0 Å². The van der Waals surface area contributed by atoms with Crippen molar-refractivity contribution in [1.29, 1.82) is 0 Å². The highest BCUT2D eigenvalue weighted by atomic mass is 32.2. The van der Waals surface area contributed by atoms with Gasteiger partial charge in [0, 0.05) is 44.5 Å². The van der Waals surface area contributed by atoms with Gasteiger partial charge < -0.3 is 9.88 Å². The molecule has 1 aromatic rings. The first-order valence-electron chi connectivity index (χ1n) is 7.30. The van der Waals surface area contributed by atoms with Crippen molar-refractivity contribution in [2.75, 3.05) is 25.9 Å². The van der Waals surface area contributed by atoms with Crippen molar-refractivity contribution in [3.63, 3.8) is 0 Å². The number of piperidine rings is 1. The van der Waals surface area contributed by atoms with Crippen LogP contribution in [0.4, 0.5) is 0 Å². The van der Waals surface area contributed by atoms with Gasteiger partial charge in [-0.05, 0) is 31.4 Å². The van der Waals surface area contributed by atoms with E-state index in [1.165, 1.54) is 10.6 Å². The number of aromatic nitrogens is 1. The van der Waals surface area contributed by atoms with Crippen LogP contribution in [0.25, 0.3) is 0 Å². The first-order chi connectivity index (χ1) is 9.97. The zero-order valence-corrected chi connectivity index (χ0v) is 13.2. The minimum absolute atomic E-state index is 0.0515. The van der Waals surface area contributed by atoms with Crippen molar-refractivity contribution >= 4 is 15.9 Å². The molecule has 1 aromatic heterocycles. The highest BCUT2D eigenvalue weighted by molar-refractivity contribution is 7.88. The molecule has 1 fully saturated rings. The Kier molecular flexibility index (Phi) is 5.41. The Labute approximate surface area is 126 Å². The number of rotatable bonds is 6. The quantitative estimate of drug-likeness (QED) is 0.785. The molecule has 0 aromatic carbocycles. The molecule has 6 nitrogen and oxygen atoms in total. The minimum atomic E-state index is -3.12. The molecular weight excluding hydrogens is 290 g/mol. The van der Waals surface area contributed by atoms with E-state index in [2.05, 4.69) is 9.88 Å². The molecule has 0 bridgehead atoms. The summed E-state index contributed by atoms with van der Waals surface area (Å²) in [5.74, 6) is -0.00904. The fourth-order valence-electron chi connectivity index (χ4n) is 2.59. The molecule has 7 heteroatoms. The Morgan fingerprint density at radius 1 is 1.24 bits per heavy atom. The van der Waals surface area contributed by atoms with Crippen LogP contribution in [-0.4, -0.2) is 49.1 Å². The van der Waals surface area contributed by atoms with E-state index < -0.39 is 10.0 Å². The summed E-state index contributed by atoms with van der Waals surface area (Å²) < 4.78 is 26.3. The van der Waals surface area contributed by atoms with Crippen LogP contribution in [0.1, 0.15) is 19.3 Å². The van der Waals surface area contributed by atoms with Crippen LogP contribution < -0.4 is 5.32 Å². The van der Waals surface area contributed by atoms with Gasteiger partial charge >= 0.3 is 0 Å². The average Bonchev–Trinajstić information content (AvgIpc) is 2.96. The maximum Gasteiger partial charge on any atom is 0.223 e. The van der Waals surface area contributed by atoms with Crippen LogP contribution >= 0.6 is 0 Å². The van der Waals surface area contributed by atoms with Gasteiger partial charge in [0.05, 0.1) is 6.26 Å². The van der Waals surface area contributed by atoms with E-state index in [1.807, 2.05) is 24.5 Å². The molecule has 1 aliphatic heterocycles. The number of sulfonamides is 1. The smallest absolute Gasteiger partial charge is 0.223 e. The van der Waals surface area contributed by atoms with E-state index in [0.29, 0.717) is 32.5 Å². The number of hydrogen-bond donors (Lipinski definition) is 1. The molecule has 0 atom stereocenters. The van der Waals surface area contributed by atoms with Crippen LogP contribution in [-0.2, 0) is 21.4 Å². The third-order valence-corrected chi connectivity index (χ3v) is 5.16. The Morgan fingerprint density at radius 3 is 2.43 bits per heavy atom. The summed E-state index contributed by atoms with van der Waals surface area (Å²) in [7, 11) is -3.12. The fraction of sp³-hybridized carbons (Fsp3) is 0.643. The van der Waals surface area contributed by atoms with E-state index >= 15 is 0 Å². The molecule has 0 radical (unpaired) electrons. The van der Waals surface area contributed by atoms with Crippen LogP contribution in [0.15, 0.2) is 24.5 Å². The minimum Gasteiger partial charge on any atom is -0.356 e. The van der Waals surface area contributed by atoms with Gasteiger partial charge in [-0.1, -0.05) is 0 Å². The summed E-state index contributed by atoms with van der Waals surface area (Å²) >= 11 is 0. The predicted octanol–water partition coefficient (Wildman–Crippen LogP) is 0.666. The Morgan fingerprint density at radius 2 is 1.86 bits per heavy atom. The zero-order valence-electron chi connectivity index (χ0n) is 12.4. The molecule has 1 amide bonds. The molecule has 2 heterocycles. The number of aryl methyl sites for hydroxylation is 1. The molecule has 1 saturated heterocycles. The van der Waals surface area contributed by atoms with Crippen molar-refractivity contribution in [2.24, 2.45) is 5.92 Å². The lowest BCUT2D eigenvalue weighted by Gasteiger charge is -2.29. The highest BCUT2D eigenvalue weighted by Crippen LogP contribution is 2.19. The van der Waals surface area contributed by atoms with Crippen LogP contribution in [0.3, 0.4) is 0 Å². The maximum absolute atomic E-state index is 12.0. The molecule has 0 spiro atoms. The molecule has 1 aliphatic rings. The zero-order chi connectivity index (χ0) is 15.3. The normalized spacial score (nSPS) is 17.8. The second kappa shape index (κ2) is 7.09. The molecule has 0 saturated carbocycles. The van der Waals surface area contributed by atoms with E-state index in [0.717, 1.165) is 13.0 Å². The Balaban J connectivity index is 1.65. The number of hydrogen-bond acceptors (Lipinski definition) is 3. The lowest BCUT2D eigenvalue weighted by atomic mass is 9.97. The molecule has 118 valence electrons. The van der Waals surface area contributed by atoms with Crippen molar-refractivity contribution in [2.45, 2.75) is 25.8 Å². The van der Waals surface area contributed by atoms with Gasteiger partial charge in [-0.15, -0.1) is 0 Å². The number of carbonyl (C=O) groups excluding carboxylic acids is 1. The van der Waals surface area contributed by atoms with E-state index in [9.17, 15) is 13.2 Å². The van der Waals surface area contributed by atoms with Gasteiger partial charge in [0.2, 0.25) is 15.9 Å². The first-order valence-corrected chi connectivity index (χ1v) is 9.15. The predicted molar refractivity (Wildman–Crippen MR) is 81.2 cm³/mol. The van der Waals surface area contributed by atoms with Gasteiger partial charge in [-0.2, -0.15) is 0 Å². The third kappa shape index (κ3) is 4.86. The van der Waals surface area contributed by atoms with E-state index in [-0.39, 0.29) is 11.8 Å². The molecule has 21 heavy (non-hydrogen) atoms. The number of carbonyl (C=O) groups is 1. The number of nitrogens with one attached hydrogen (secondary N) is 1. The summed E-state index contributed by atoms with van der Waals surface area (Å²) in [5, 5.41) is 2.95. The van der Waals surface area contributed by atoms with E-state index in [1.54, 1.807) is 0 Å². The SMILES string of the molecule is CS(=O)(=O)N1CCC(C(=O)NCCCn2cccc2)CC1. The van der Waals surface area contributed by atoms with Crippen LogP contribution in [0.5, 0.6) is 0 Å². The summed E-state index contributed by atoms with van der Waals surface area (Å²) in [5.41, 5.74) is 0. The first kappa shape index (κ1) is 16.0. The molecule has 0 unspecified atom stereocenters. The van der Waals surface area contributed by atoms with Crippen LogP contribution in [0, 0.1) is 5.92 Å². The largest absolute Gasteiger partial charge is 0.356 e. The standard InChI is InChI=1S/C14H23N3O3S/c1-21(19,20)17-11-5-13(6-12-17)14(18)15-7-4-10-16-8-2-3-9-16/h2-3,8-9,13H,4-7,10-12H2,1H3,(H,15,18).